The van der Waals surface area contributed by atoms with E-state index in [1.54, 1.807) is 0 Å². The Morgan fingerprint density at radius 1 is 1.71 bits per heavy atom. The first-order valence-corrected chi connectivity index (χ1v) is 4.39. The highest BCUT2D eigenvalue weighted by Crippen LogP contribution is 2.11. The number of carbonyl (C=O) groups excluding carboxylic acids is 1. The SMILES string of the molecule is C=C(CC(O)CO)C(=O)OCC1CO1. The molecule has 1 heterocycles. The van der Waals surface area contributed by atoms with Crippen molar-refractivity contribution in [2.24, 2.45) is 0 Å². The van der Waals surface area contributed by atoms with E-state index in [9.17, 15) is 4.79 Å². The number of aliphatic hydroxyl groups excluding tert-OH is 2. The van der Waals surface area contributed by atoms with Crippen molar-refractivity contribution in [1.29, 1.82) is 0 Å². The van der Waals surface area contributed by atoms with Crippen molar-refractivity contribution < 1.29 is 24.5 Å². The molecular formula is C9H14O5. The van der Waals surface area contributed by atoms with E-state index in [-0.39, 0.29) is 24.7 Å². The van der Waals surface area contributed by atoms with Gasteiger partial charge in [-0.15, -0.1) is 0 Å². The van der Waals surface area contributed by atoms with Crippen molar-refractivity contribution >= 4 is 5.97 Å². The summed E-state index contributed by atoms with van der Waals surface area (Å²) in [6.07, 6.45) is -0.900. The van der Waals surface area contributed by atoms with Gasteiger partial charge in [-0.25, -0.2) is 4.79 Å². The van der Waals surface area contributed by atoms with Gasteiger partial charge in [0.1, 0.15) is 12.7 Å². The predicted octanol–water partition coefficient (Wildman–Crippen LogP) is -0.772. The van der Waals surface area contributed by atoms with Crippen molar-refractivity contribution in [2.45, 2.75) is 18.6 Å². The van der Waals surface area contributed by atoms with Crippen LogP contribution in [0.25, 0.3) is 0 Å². The van der Waals surface area contributed by atoms with E-state index >= 15 is 0 Å². The number of hydrogen-bond acceptors (Lipinski definition) is 5. The molecule has 0 bridgehead atoms. The molecule has 1 saturated heterocycles. The van der Waals surface area contributed by atoms with E-state index in [0.717, 1.165) is 0 Å². The Hall–Kier alpha value is -0.910. The monoisotopic (exact) mass is 202 g/mol. The van der Waals surface area contributed by atoms with Gasteiger partial charge in [0, 0.05) is 12.0 Å². The van der Waals surface area contributed by atoms with E-state index in [2.05, 4.69) is 6.58 Å². The molecule has 0 radical (unpaired) electrons. The second-order valence-electron chi connectivity index (χ2n) is 3.20. The lowest BCUT2D eigenvalue weighted by molar-refractivity contribution is -0.140. The molecule has 1 rings (SSSR count). The highest BCUT2D eigenvalue weighted by Gasteiger charge is 2.25. The zero-order valence-electron chi connectivity index (χ0n) is 7.81. The maximum Gasteiger partial charge on any atom is 0.333 e. The lowest BCUT2D eigenvalue weighted by atomic mass is 10.1. The maximum absolute atomic E-state index is 11.2. The standard InChI is InChI=1S/C9H14O5/c1-6(2-7(11)3-10)9(12)14-5-8-4-13-8/h7-8,10-11H,1-5H2. The average molecular weight is 202 g/mol. The van der Waals surface area contributed by atoms with Crippen LogP contribution in [-0.4, -0.2) is 48.2 Å². The summed E-state index contributed by atoms with van der Waals surface area (Å²) >= 11 is 0. The molecule has 0 aromatic carbocycles. The highest BCUT2D eigenvalue weighted by atomic mass is 16.6. The molecule has 2 unspecified atom stereocenters. The van der Waals surface area contributed by atoms with E-state index in [4.69, 9.17) is 19.7 Å². The van der Waals surface area contributed by atoms with Crippen LogP contribution in [-0.2, 0) is 14.3 Å². The van der Waals surface area contributed by atoms with Crippen molar-refractivity contribution in [1.82, 2.24) is 0 Å². The van der Waals surface area contributed by atoms with E-state index < -0.39 is 18.7 Å². The maximum atomic E-state index is 11.2. The van der Waals surface area contributed by atoms with Crippen LogP contribution >= 0.6 is 0 Å². The second-order valence-corrected chi connectivity index (χ2v) is 3.20. The number of ether oxygens (including phenoxy) is 2. The fourth-order valence-corrected chi connectivity index (χ4v) is 0.867. The zero-order chi connectivity index (χ0) is 10.6. The van der Waals surface area contributed by atoms with Crippen LogP contribution in [0.4, 0.5) is 0 Å². The highest BCUT2D eigenvalue weighted by molar-refractivity contribution is 5.87. The van der Waals surface area contributed by atoms with Crippen LogP contribution in [0, 0.1) is 0 Å². The molecular weight excluding hydrogens is 188 g/mol. The molecule has 1 aliphatic heterocycles. The van der Waals surface area contributed by atoms with Crippen LogP contribution in [0.1, 0.15) is 6.42 Å². The third-order valence-corrected chi connectivity index (χ3v) is 1.78. The molecule has 0 aromatic heterocycles. The summed E-state index contributed by atoms with van der Waals surface area (Å²) in [4.78, 5) is 11.2. The summed E-state index contributed by atoms with van der Waals surface area (Å²) in [5.41, 5.74) is 0.159. The summed E-state index contributed by atoms with van der Waals surface area (Å²) in [6, 6.07) is 0. The molecule has 0 amide bonds. The average Bonchev–Trinajstić information content (AvgIpc) is 2.97. The van der Waals surface area contributed by atoms with Crippen LogP contribution in [0.2, 0.25) is 0 Å². The fourth-order valence-electron chi connectivity index (χ4n) is 0.867. The van der Waals surface area contributed by atoms with Crippen molar-refractivity contribution in [2.75, 3.05) is 19.8 Å². The first-order chi connectivity index (χ1) is 6.63. The number of carbonyl (C=O) groups is 1. The molecule has 1 fully saturated rings. The van der Waals surface area contributed by atoms with Gasteiger partial charge in [-0.2, -0.15) is 0 Å². The van der Waals surface area contributed by atoms with E-state index in [1.807, 2.05) is 0 Å². The molecule has 0 spiro atoms. The molecule has 14 heavy (non-hydrogen) atoms. The van der Waals surface area contributed by atoms with Gasteiger partial charge in [-0.3, -0.25) is 0 Å². The molecule has 0 saturated carbocycles. The second kappa shape index (κ2) is 5.09. The van der Waals surface area contributed by atoms with Crippen LogP contribution < -0.4 is 0 Å². The summed E-state index contributed by atoms with van der Waals surface area (Å²) in [7, 11) is 0. The quantitative estimate of drug-likeness (QED) is 0.336. The normalized spacial score (nSPS) is 21.4. The third-order valence-electron chi connectivity index (χ3n) is 1.78. The Balaban J connectivity index is 2.17. The first-order valence-electron chi connectivity index (χ1n) is 4.39. The van der Waals surface area contributed by atoms with Gasteiger partial charge in [-0.1, -0.05) is 6.58 Å². The lowest BCUT2D eigenvalue weighted by Crippen LogP contribution is -2.18. The smallest absolute Gasteiger partial charge is 0.333 e. The summed E-state index contributed by atoms with van der Waals surface area (Å²) in [5.74, 6) is -0.548. The molecule has 5 nitrogen and oxygen atoms in total. The van der Waals surface area contributed by atoms with Gasteiger partial charge in [0.05, 0.1) is 19.3 Å². The Morgan fingerprint density at radius 2 is 2.36 bits per heavy atom. The van der Waals surface area contributed by atoms with E-state index in [0.29, 0.717) is 6.61 Å². The van der Waals surface area contributed by atoms with Gasteiger partial charge >= 0.3 is 5.97 Å². The summed E-state index contributed by atoms with van der Waals surface area (Å²) in [5, 5.41) is 17.6. The Morgan fingerprint density at radius 3 is 2.86 bits per heavy atom. The molecule has 2 atom stereocenters. The van der Waals surface area contributed by atoms with Crippen molar-refractivity contribution in [3.05, 3.63) is 12.2 Å². The largest absolute Gasteiger partial charge is 0.459 e. The fraction of sp³-hybridized carbons (Fsp3) is 0.667. The number of rotatable bonds is 6. The van der Waals surface area contributed by atoms with Crippen LogP contribution in [0.5, 0.6) is 0 Å². The Kier molecular flexibility index (Phi) is 4.06. The van der Waals surface area contributed by atoms with Crippen molar-refractivity contribution in [3.8, 4) is 0 Å². The minimum absolute atomic E-state index is 0.0227. The molecule has 2 N–H and O–H groups in total. The Bertz CT molecular complexity index is 221. The minimum atomic E-state index is -0.952. The number of aliphatic hydroxyl groups is 2. The van der Waals surface area contributed by atoms with Gasteiger partial charge in [0.15, 0.2) is 0 Å². The van der Waals surface area contributed by atoms with Crippen LogP contribution in [0.3, 0.4) is 0 Å². The Labute approximate surface area is 81.9 Å². The first kappa shape index (κ1) is 11.2. The minimum Gasteiger partial charge on any atom is -0.459 e. The number of esters is 1. The summed E-state index contributed by atoms with van der Waals surface area (Å²) in [6.45, 7) is 3.92. The van der Waals surface area contributed by atoms with Gasteiger partial charge in [-0.05, 0) is 0 Å². The molecule has 0 aromatic rings. The van der Waals surface area contributed by atoms with Gasteiger partial charge in [0.25, 0.3) is 0 Å². The number of epoxide rings is 1. The van der Waals surface area contributed by atoms with Crippen molar-refractivity contribution in [3.63, 3.8) is 0 Å². The molecule has 5 heteroatoms. The number of hydrogen-bond donors (Lipinski definition) is 2. The summed E-state index contributed by atoms with van der Waals surface area (Å²) < 4.78 is 9.66. The topological polar surface area (TPSA) is 79.3 Å². The predicted molar refractivity (Wildman–Crippen MR) is 47.5 cm³/mol. The third kappa shape index (κ3) is 3.87. The van der Waals surface area contributed by atoms with Gasteiger partial charge < -0.3 is 19.7 Å². The van der Waals surface area contributed by atoms with E-state index in [1.165, 1.54) is 0 Å². The van der Waals surface area contributed by atoms with Gasteiger partial charge in [0.2, 0.25) is 0 Å². The molecule has 0 aliphatic carbocycles. The lowest BCUT2D eigenvalue weighted by Gasteiger charge is -2.08. The van der Waals surface area contributed by atoms with Crippen LogP contribution in [0.15, 0.2) is 12.2 Å². The molecule has 80 valence electrons. The zero-order valence-corrected chi connectivity index (χ0v) is 7.81. The molecule has 1 aliphatic rings.